The second-order valence-corrected chi connectivity index (χ2v) is 6.54. The van der Waals surface area contributed by atoms with Crippen LogP contribution in [0.4, 0.5) is 5.82 Å². The van der Waals surface area contributed by atoms with Gasteiger partial charge in [0.1, 0.15) is 18.2 Å². The molecule has 0 saturated carbocycles. The molecule has 0 spiro atoms. The maximum atomic E-state index is 5.92. The molecule has 0 saturated heterocycles. The van der Waals surface area contributed by atoms with Crippen LogP contribution in [0.2, 0.25) is 0 Å². The number of hydrogen-bond acceptors (Lipinski definition) is 5. The molecule has 2 N–H and O–H groups in total. The average Bonchev–Trinajstić information content (AvgIpc) is 3.03. The molecular weight excluding hydrogens is 302 g/mol. The van der Waals surface area contributed by atoms with Crippen molar-refractivity contribution in [3.63, 3.8) is 0 Å². The minimum atomic E-state index is 0.541. The van der Waals surface area contributed by atoms with Gasteiger partial charge in [0.05, 0.1) is 6.20 Å². The van der Waals surface area contributed by atoms with E-state index in [1.54, 1.807) is 0 Å². The quantitative estimate of drug-likeness (QED) is 0.771. The second kappa shape index (κ2) is 8.17. The SMILES string of the molecule is CN(C)CCOc1ccccc1CNCC1CNc2ccnn2C1. The summed E-state index contributed by atoms with van der Waals surface area (Å²) in [7, 11) is 4.11. The van der Waals surface area contributed by atoms with Gasteiger partial charge in [-0.2, -0.15) is 5.10 Å². The molecule has 2 heterocycles. The van der Waals surface area contributed by atoms with E-state index in [2.05, 4.69) is 46.9 Å². The van der Waals surface area contributed by atoms with Gasteiger partial charge in [0.2, 0.25) is 0 Å². The number of aromatic nitrogens is 2. The molecule has 1 aromatic heterocycles. The van der Waals surface area contributed by atoms with Crippen LogP contribution < -0.4 is 15.4 Å². The van der Waals surface area contributed by atoms with Gasteiger partial charge in [0.25, 0.3) is 0 Å². The fourth-order valence-corrected chi connectivity index (χ4v) is 2.86. The summed E-state index contributed by atoms with van der Waals surface area (Å²) >= 11 is 0. The van der Waals surface area contributed by atoms with Gasteiger partial charge in [-0.3, -0.25) is 0 Å². The first-order valence-electron chi connectivity index (χ1n) is 8.54. The number of ether oxygens (including phenoxy) is 1. The standard InChI is InChI=1S/C18H27N5O/c1-22(2)9-10-24-17-6-4-3-5-16(17)13-19-11-15-12-20-18-7-8-21-23(18)14-15/h3-8,15,19-20H,9-14H2,1-2H3. The van der Waals surface area contributed by atoms with Gasteiger partial charge in [0.15, 0.2) is 0 Å². The fraction of sp³-hybridized carbons (Fsp3) is 0.500. The molecule has 0 radical (unpaired) electrons. The number of rotatable bonds is 8. The molecule has 0 amide bonds. The van der Waals surface area contributed by atoms with Gasteiger partial charge in [0, 0.05) is 50.3 Å². The molecule has 6 heteroatoms. The molecular formula is C18H27N5O. The van der Waals surface area contributed by atoms with E-state index in [1.165, 1.54) is 5.56 Å². The summed E-state index contributed by atoms with van der Waals surface area (Å²) < 4.78 is 7.95. The van der Waals surface area contributed by atoms with Crippen LogP contribution in [0.25, 0.3) is 0 Å². The maximum absolute atomic E-state index is 5.92. The largest absolute Gasteiger partial charge is 0.492 e. The molecule has 0 fully saturated rings. The Morgan fingerprint density at radius 2 is 2.21 bits per heavy atom. The van der Waals surface area contributed by atoms with Crippen LogP contribution in [0.3, 0.4) is 0 Å². The van der Waals surface area contributed by atoms with Crippen LogP contribution in [-0.4, -0.2) is 55.0 Å². The Hall–Kier alpha value is -2.05. The van der Waals surface area contributed by atoms with Crippen molar-refractivity contribution >= 4 is 5.82 Å². The molecule has 1 aliphatic heterocycles. The molecule has 2 aromatic rings. The van der Waals surface area contributed by atoms with E-state index in [0.717, 1.165) is 44.3 Å². The van der Waals surface area contributed by atoms with Crippen LogP contribution in [0.5, 0.6) is 5.75 Å². The zero-order chi connectivity index (χ0) is 16.8. The van der Waals surface area contributed by atoms with Gasteiger partial charge in [-0.25, -0.2) is 4.68 Å². The molecule has 1 atom stereocenters. The predicted octanol–water partition coefficient (Wildman–Crippen LogP) is 1.65. The minimum Gasteiger partial charge on any atom is -0.492 e. The lowest BCUT2D eigenvalue weighted by molar-refractivity contribution is 0.259. The lowest BCUT2D eigenvalue weighted by Gasteiger charge is -2.25. The van der Waals surface area contributed by atoms with Crippen molar-refractivity contribution in [1.82, 2.24) is 20.0 Å². The Balaban J connectivity index is 1.46. The maximum Gasteiger partial charge on any atom is 0.124 e. The van der Waals surface area contributed by atoms with Crippen molar-refractivity contribution < 1.29 is 4.74 Å². The molecule has 24 heavy (non-hydrogen) atoms. The van der Waals surface area contributed by atoms with E-state index in [-0.39, 0.29) is 0 Å². The summed E-state index contributed by atoms with van der Waals surface area (Å²) in [5, 5.41) is 11.3. The molecule has 6 nitrogen and oxygen atoms in total. The van der Waals surface area contributed by atoms with Crippen molar-refractivity contribution in [1.29, 1.82) is 0 Å². The van der Waals surface area contributed by atoms with Gasteiger partial charge in [-0.05, 0) is 20.2 Å². The Kier molecular flexibility index (Phi) is 5.72. The number of benzene rings is 1. The van der Waals surface area contributed by atoms with Crippen molar-refractivity contribution in [3.8, 4) is 5.75 Å². The van der Waals surface area contributed by atoms with Crippen molar-refractivity contribution in [2.45, 2.75) is 13.1 Å². The number of hydrogen-bond donors (Lipinski definition) is 2. The molecule has 1 aliphatic rings. The number of fused-ring (bicyclic) bond motifs is 1. The molecule has 0 bridgehead atoms. The third kappa shape index (κ3) is 4.49. The highest BCUT2D eigenvalue weighted by Gasteiger charge is 2.17. The van der Waals surface area contributed by atoms with Crippen molar-refractivity contribution in [3.05, 3.63) is 42.1 Å². The summed E-state index contributed by atoms with van der Waals surface area (Å²) in [6, 6.07) is 10.3. The normalized spacial score (nSPS) is 16.7. The Morgan fingerprint density at radius 3 is 3.08 bits per heavy atom. The molecule has 1 unspecified atom stereocenters. The highest BCUT2D eigenvalue weighted by Crippen LogP contribution is 2.19. The summed E-state index contributed by atoms with van der Waals surface area (Å²) in [5.74, 6) is 2.63. The Bertz CT molecular complexity index is 640. The summed E-state index contributed by atoms with van der Waals surface area (Å²) in [4.78, 5) is 2.13. The molecule has 3 rings (SSSR count). The number of nitrogens with one attached hydrogen (secondary N) is 2. The van der Waals surface area contributed by atoms with Gasteiger partial charge < -0.3 is 20.3 Å². The van der Waals surface area contributed by atoms with Gasteiger partial charge >= 0.3 is 0 Å². The van der Waals surface area contributed by atoms with E-state index >= 15 is 0 Å². The van der Waals surface area contributed by atoms with E-state index in [9.17, 15) is 0 Å². The van der Waals surface area contributed by atoms with E-state index in [1.807, 2.05) is 29.1 Å². The summed E-state index contributed by atoms with van der Waals surface area (Å²) in [6.07, 6.45) is 1.85. The van der Waals surface area contributed by atoms with Crippen LogP contribution in [0.1, 0.15) is 5.56 Å². The number of anilines is 1. The number of para-hydroxylation sites is 1. The smallest absolute Gasteiger partial charge is 0.124 e. The van der Waals surface area contributed by atoms with Crippen molar-refractivity contribution in [2.75, 3.05) is 45.7 Å². The highest BCUT2D eigenvalue weighted by molar-refractivity contribution is 5.35. The van der Waals surface area contributed by atoms with Gasteiger partial charge in [-0.1, -0.05) is 18.2 Å². The molecule has 0 aliphatic carbocycles. The van der Waals surface area contributed by atoms with Crippen LogP contribution in [0.15, 0.2) is 36.5 Å². The van der Waals surface area contributed by atoms with Crippen LogP contribution >= 0.6 is 0 Å². The molecule has 130 valence electrons. The highest BCUT2D eigenvalue weighted by atomic mass is 16.5. The van der Waals surface area contributed by atoms with E-state index < -0.39 is 0 Å². The van der Waals surface area contributed by atoms with Crippen LogP contribution in [0, 0.1) is 5.92 Å². The first kappa shape index (κ1) is 16.8. The third-order valence-corrected chi connectivity index (χ3v) is 4.24. The summed E-state index contributed by atoms with van der Waals surface area (Å²) in [5.41, 5.74) is 1.21. The lowest BCUT2D eigenvalue weighted by atomic mass is 10.1. The Morgan fingerprint density at radius 1 is 1.33 bits per heavy atom. The van der Waals surface area contributed by atoms with Crippen LogP contribution in [-0.2, 0) is 13.1 Å². The first-order chi connectivity index (χ1) is 11.7. The first-order valence-corrected chi connectivity index (χ1v) is 8.54. The van der Waals surface area contributed by atoms with E-state index in [4.69, 9.17) is 4.74 Å². The minimum absolute atomic E-state index is 0.541. The number of likely N-dealkylation sites (N-methyl/N-ethyl adjacent to an activating group) is 1. The zero-order valence-electron chi connectivity index (χ0n) is 14.5. The van der Waals surface area contributed by atoms with E-state index in [0.29, 0.717) is 12.5 Å². The third-order valence-electron chi connectivity index (χ3n) is 4.24. The lowest BCUT2D eigenvalue weighted by Crippen LogP contribution is -2.35. The topological polar surface area (TPSA) is 54.4 Å². The summed E-state index contributed by atoms with van der Waals surface area (Å²) in [6.45, 7) is 5.35. The zero-order valence-corrected chi connectivity index (χ0v) is 14.5. The van der Waals surface area contributed by atoms with Gasteiger partial charge in [-0.15, -0.1) is 0 Å². The average molecular weight is 329 g/mol. The Labute approximate surface area is 143 Å². The predicted molar refractivity (Wildman–Crippen MR) is 96.4 cm³/mol. The fourth-order valence-electron chi connectivity index (χ4n) is 2.86. The second-order valence-electron chi connectivity index (χ2n) is 6.54. The number of nitrogens with zero attached hydrogens (tertiary/aromatic N) is 3. The van der Waals surface area contributed by atoms with Crippen molar-refractivity contribution in [2.24, 2.45) is 5.92 Å². The monoisotopic (exact) mass is 329 g/mol. The molecule has 1 aromatic carbocycles.